The minimum atomic E-state index is -3.21. The Hall–Kier alpha value is -0.460. The number of hydrogen-bond donors (Lipinski definition) is 2. The van der Waals surface area contributed by atoms with Crippen LogP contribution in [0.1, 0.15) is 30.7 Å². The third kappa shape index (κ3) is 8.65. The molecule has 0 atom stereocenters. The summed E-state index contributed by atoms with van der Waals surface area (Å²) < 4.78 is 25.7. The van der Waals surface area contributed by atoms with Crippen LogP contribution in [0.2, 0.25) is 0 Å². The van der Waals surface area contributed by atoms with Crippen LogP contribution >= 0.6 is 35.3 Å². The summed E-state index contributed by atoms with van der Waals surface area (Å²) in [6.45, 7) is 7.84. The third-order valence-corrected chi connectivity index (χ3v) is 6.78. The number of sulfonamides is 1. The molecule has 10 heteroatoms. The van der Waals surface area contributed by atoms with Gasteiger partial charge >= 0.3 is 0 Å². The number of hydrogen-bond acceptors (Lipinski definition) is 5. The molecule has 0 aliphatic heterocycles. The standard InChI is InChI=1S/C15H29N5O2S2.HI/c1-5-13-12-19-14(23-13)8-9-17-15(16-4)18-10-11-24(21,22)20(6-2)7-3;/h12H,5-11H2,1-4H3,(H2,16,17,18);1H. The van der Waals surface area contributed by atoms with Crippen LogP contribution in [-0.2, 0) is 22.9 Å². The van der Waals surface area contributed by atoms with Gasteiger partial charge in [-0.3, -0.25) is 4.99 Å². The summed E-state index contributed by atoms with van der Waals surface area (Å²) in [5.74, 6) is 0.666. The number of aliphatic imine (C=N–C) groups is 1. The lowest BCUT2D eigenvalue weighted by Gasteiger charge is -2.19. The highest BCUT2D eigenvalue weighted by Gasteiger charge is 2.18. The Kier molecular flexibility index (Phi) is 12.6. The number of rotatable bonds is 10. The molecule has 1 aromatic rings. The van der Waals surface area contributed by atoms with Crippen LogP contribution in [0.4, 0.5) is 0 Å². The van der Waals surface area contributed by atoms with Crippen molar-refractivity contribution in [2.45, 2.75) is 33.6 Å². The fourth-order valence-electron chi connectivity index (χ4n) is 2.18. The van der Waals surface area contributed by atoms with Crippen LogP contribution in [0.15, 0.2) is 11.2 Å². The van der Waals surface area contributed by atoms with Gasteiger partial charge in [-0.25, -0.2) is 17.7 Å². The van der Waals surface area contributed by atoms with Gasteiger partial charge in [0.15, 0.2) is 5.96 Å². The van der Waals surface area contributed by atoms with Gasteiger partial charge in [0.25, 0.3) is 0 Å². The van der Waals surface area contributed by atoms with E-state index in [4.69, 9.17) is 0 Å². The number of aryl methyl sites for hydroxylation is 1. The first-order valence-corrected chi connectivity index (χ1v) is 10.7. The van der Waals surface area contributed by atoms with Crippen LogP contribution in [0.25, 0.3) is 0 Å². The van der Waals surface area contributed by atoms with Crippen molar-refractivity contribution >= 4 is 51.3 Å². The summed E-state index contributed by atoms with van der Waals surface area (Å²) in [6.07, 6.45) is 3.75. The van der Waals surface area contributed by atoms with E-state index >= 15 is 0 Å². The summed E-state index contributed by atoms with van der Waals surface area (Å²) in [7, 11) is -1.54. The summed E-state index contributed by atoms with van der Waals surface area (Å²) in [6, 6.07) is 0. The van der Waals surface area contributed by atoms with Gasteiger partial charge in [0.2, 0.25) is 10.0 Å². The first-order chi connectivity index (χ1) is 11.5. The molecule has 1 rings (SSSR count). The second-order valence-corrected chi connectivity index (χ2v) is 8.44. The van der Waals surface area contributed by atoms with Gasteiger partial charge in [0.05, 0.1) is 10.8 Å². The highest BCUT2D eigenvalue weighted by atomic mass is 127. The van der Waals surface area contributed by atoms with Crippen molar-refractivity contribution in [3.05, 3.63) is 16.1 Å². The lowest BCUT2D eigenvalue weighted by molar-refractivity contribution is 0.445. The number of guanidine groups is 1. The predicted molar refractivity (Wildman–Crippen MR) is 117 cm³/mol. The average Bonchev–Trinajstić information content (AvgIpc) is 3.02. The highest BCUT2D eigenvalue weighted by Crippen LogP contribution is 2.13. The Bertz CT molecular complexity index is 615. The largest absolute Gasteiger partial charge is 0.356 e. The first-order valence-electron chi connectivity index (χ1n) is 8.32. The third-order valence-electron chi connectivity index (χ3n) is 3.56. The Labute approximate surface area is 172 Å². The topological polar surface area (TPSA) is 86.7 Å². The highest BCUT2D eigenvalue weighted by molar-refractivity contribution is 14.0. The van der Waals surface area contributed by atoms with Crippen molar-refractivity contribution in [3.63, 3.8) is 0 Å². The molecule has 0 saturated carbocycles. The van der Waals surface area contributed by atoms with Crippen molar-refractivity contribution in [3.8, 4) is 0 Å². The number of thiazole rings is 1. The zero-order valence-electron chi connectivity index (χ0n) is 15.4. The van der Waals surface area contributed by atoms with Gasteiger partial charge in [0, 0.05) is 50.7 Å². The molecule has 0 fully saturated rings. The fourth-order valence-corrected chi connectivity index (χ4v) is 4.45. The van der Waals surface area contributed by atoms with Crippen molar-refractivity contribution < 1.29 is 8.42 Å². The predicted octanol–water partition coefficient (Wildman–Crippen LogP) is 1.70. The van der Waals surface area contributed by atoms with Crippen molar-refractivity contribution in [1.29, 1.82) is 0 Å². The Morgan fingerprint density at radius 2 is 1.88 bits per heavy atom. The maximum Gasteiger partial charge on any atom is 0.215 e. The smallest absolute Gasteiger partial charge is 0.215 e. The van der Waals surface area contributed by atoms with Gasteiger partial charge in [-0.2, -0.15) is 0 Å². The molecule has 0 aliphatic carbocycles. The van der Waals surface area contributed by atoms with Gasteiger partial charge < -0.3 is 10.6 Å². The summed E-state index contributed by atoms with van der Waals surface area (Å²) in [4.78, 5) is 9.78. The maximum absolute atomic E-state index is 12.1. The van der Waals surface area contributed by atoms with E-state index in [2.05, 4.69) is 27.5 Å². The first kappa shape index (κ1) is 24.5. The second-order valence-electron chi connectivity index (χ2n) is 5.15. The molecule has 146 valence electrons. The maximum atomic E-state index is 12.1. The van der Waals surface area contributed by atoms with E-state index in [-0.39, 0.29) is 29.7 Å². The van der Waals surface area contributed by atoms with Crippen LogP contribution in [0, 0.1) is 0 Å². The quantitative estimate of drug-likeness (QED) is 0.289. The minimum Gasteiger partial charge on any atom is -0.356 e. The number of halogens is 1. The van der Waals surface area contributed by atoms with E-state index in [1.54, 1.807) is 18.4 Å². The minimum absolute atomic E-state index is 0. The number of nitrogens with zero attached hydrogens (tertiary/aromatic N) is 3. The summed E-state index contributed by atoms with van der Waals surface area (Å²) in [5, 5.41) is 7.33. The Morgan fingerprint density at radius 1 is 1.24 bits per heavy atom. The molecule has 0 aromatic carbocycles. The van der Waals surface area contributed by atoms with Gasteiger partial charge in [0.1, 0.15) is 0 Å². The molecular weight excluding hydrogens is 473 g/mol. The molecular formula is C15H30IN5O2S2. The molecule has 0 radical (unpaired) electrons. The fraction of sp³-hybridized carbons (Fsp3) is 0.733. The molecule has 0 unspecified atom stereocenters. The van der Waals surface area contributed by atoms with Gasteiger partial charge in [-0.1, -0.05) is 20.8 Å². The molecule has 0 aliphatic rings. The van der Waals surface area contributed by atoms with Crippen LogP contribution < -0.4 is 10.6 Å². The Morgan fingerprint density at radius 3 is 2.40 bits per heavy atom. The van der Waals surface area contributed by atoms with Gasteiger partial charge in [-0.15, -0.1) is 35.3 Å². The van der Waals surface area contributed by atoms with E-state index < -0.39 is 10.0 Å². The van der Waals surface area contributed by atoms with Crippen LogP contribution in [0.3, 0.4) is 0 Å². The monoisotopic (exact) mass is 503 g/mol. The molecule has 25 heavy (non-hydrogen) atoms. The molecule has 2 N–H and O–H groups in total. The van der Waals surface area contributed by atoms with E-state index in [0.717, 1.165) is 17.8 Å². The summed E-state index contributed by atoms with van der Waals surface area (Å²) in [5.41, 5.74) is 0. The van der Waals surface area contributed by atoms with Crippen molar-refractivity contribution in [2.75, 3.05) is 39.0 Å². The normalized spacial score (nSPS) is 12.1. The molecule has 1 heterocycles. The van der Waals surface area contributed by atoms with Crippen molar-refractivity contribution in [2.24, 2.45) is 4.99 Å². The molecule has 7 nitrogen and oxygen atoms in total. The second kappa shape index (κ2) is 12.8. The molecule has 0 amide bonds. The number of aromatic nitrogens is 1. The van der Waals surface area contributed by atoms with Crippen molar-refractivity contribution in [1.82, 2.24) is 19.9 Å². The van der Waals surface area contributed by atoms with E-state index in [1.165, 1.54) is 9.18 Å². The Balaban J connectivity index is 0.00000576. The number of nitrogens with one attached hydrogen (secondary N) is 2. The molecule has 0 bridgehead atoms. The van der Waals surface area contributed by atoms with E-state index in [1.807, 2.05) is 20.0 Å². The zero-order valence-corrected chi connectivity index (χ0v) is 19.4. The SMILES string of the molecule is CCc1cnc(CCNC(=NC)NCCS(=O)(=O)N(CC)CC)s1.I. The molecule has 1 aromatic heterocycles. The zero-order chi connectivity index (χ0) is 18.0. The van der Waals surface area contributed by atoms with E-state index in [9.17, 15) is 8.42 Å². The molecule has 0 saturated heterocycles. The van der Waals surface area contributed by atoms with Crippen LogP contribution in [0.5, 0.6) is 0 Å². The average molecular weight is 503 g/mol. The van der Waals surface area contributed by atoms with Crippen LogP contribution in [-0.4, -0.2) is 62.6 Å². The lowest BCUT2D eigenvalue weighted by atomic mass is 10.4. The summed E-state index contributed by atoms with van der Waals surface area (Å²) >= 11 is 1.73. The molecule has 0 spiro atoms. The lowest BCUT2D eigenvalue weighted by Crippen LogP contribution is -2.42. The van der Waals surface area contributed by atoms with Gasteiger partial charge in [-0.05, 0) is 6.42 Å². The van der Waals surface area contributed by atoms with E-state index in [0.29, 0.717) is 32.1 Å².